The zero-order valence-corrected chi connectivity index (χ0v) is 9.35. The third-order valence-electron chi connectivity index (χ3n) is 2.94. The van der Waals surface area contributed by atoms with E-state index in [1.807, 2.05) is 4.90 Å². The summed E-state index contributed by atoms with van der Waals surface area (Å²) in [4.78, 5) is 16.0. The highest BCUT2D eigenvalue weighted by Gasteiger charge is 2.29. The summed E-state index contributed by atoms with van der Waals surface area (Å²) in [5.41, 5.74) is 0. The van der Waals surface area contributed by atoms with Gasteiger partial charge in [0.2, 0.25) is 5.91 Å². The Morgan fingerprint density at radius 3 is 2.29 bits per heavy atom. The monoisotopic (exact) mass is 219 g/mol. The fourth-order valence-corrected chi connectivity index (χ4v) is 1.75. The topological polar surface area (TPSA) is 35.6 Å². The number of nitrogens with zero attached hydrogens (tertiary/aromatic N) is 2. The van der Waals surface area contributed by atoms with E-state index in [9.17, 15) is 4.79 Å². The van der Waals surface area contributed by atoms with E-state index in [0.717, 1.165) is 39.1 Å². The number of likely N-dealkylation sites (N-methyl/N-ethyl adjacent to an activating group) is 1. The third-order valence-corrected chi connectivity index (χ3v) is 2.94. The van der Waals surface area contributed by atoms with Crippen LogP contribution in [0.1, 0.15) is 6.42 Å². The van der Waals surface area contributed by atoms with Crippen molar-refractivity contribution in [3.8, 4) is 0 Å². The minimum absolute atomic E-state index is 0. The number of piperazine rings is 1. The molecule has 1 N–H and O–H groups in total. The Morgan fingerprint density at radius 1 is 1.29 bits per heavy atom. The van der Waals surface area contributed by atoms with Crippen LogP contribution in [0.2, 0.25) is 0 Å². The lowest BCUT2D eigenvalue weighted by molar-refractivity contribution is -0.136. The molecule has 0 aromatic rings. The number of rotatable bonds is 1. The fourth-order valence-electron chi connectivity index (χ4n) is 1.75. The number of carbonyl (C=O) groups is 1. The van der Waals surface area contributed by atoms with Crippen molar-refractivity contribution in [3.63, 3.8) is 0 Å². The van der Waals surface area contributed by atoms with Gasteiger partial charge in [-0.05, 0) is 20.0 Å². The molecule has 1 atom stereocenters. The van der Waals surface area contributed by atoms with Crippen LogP contribution in [0.25, 0.3) is 0 Å². The van der Waals surface area contributed by atoms with Crippen LogP contribution in [0.3, 0.4) is 0 Å². The zero-order valence-electron chi connectivity index (χ0n) is 8.53. The second kappa shape index (κ2) is 4.96. The van der Waals surface area contributed by atoms with E-state index in [4.69, 9.17) is 0 Å². The lowest BCUT2D eigenvalue weighted by Gasteiger charge is -2.37. The van der Waals surface area contributed by atoms with E-state index in [-0.39, 0.29) is 18.4 Å². The van der Waals surface area contributed by atoms with Crippen LogP contribution in [0.5, 0.6) is 0 Å². The molecule has 2 saturated heterocycles. The SMILES string of the molecule is CN1CCN(C(=O)[C@H]2CCN2)CC1.Cl. The van der Waals surface area contributed by atoms with Gasteiger partial charge in [0.25, 0.3) is 0 Å². The Kier molecular flexibility index (Phi) is 4.16. The minimum atomic E-state index is 0. The van der Waals surface area contributed by atoms with Crippen LogP contribution < -0.4 is 5.32 Å². The molecule has 0 aliphatic carbocycles. The van der Waals surface area contributed by atoms with Crippen LogP contribution in [0, 0.1) is 0 Å². The maximum Gasteiger partial charge on any atom is 0.239 e. The average molecular weight is 220 g/mol. The molecule has 0 radical (unpaired) electrons. The standard InChI is InChI=1S/C9H17N3O.ClH/c1-11-4-6-12(7-5-11)9(13)8-2-3-10-8;/h8,10H,2-7H2,1H3;1H/t8-;/m1./s1. The Bertz CT molecular complexity index is 200. The number of nitrogens with one attached hydrogen (secondary N) is 1. The molecule has 2 fully saturated rings. The molecule has 1 amide bonds. The van der Waals surface area contributed by atoms with Gasteiger partial charge in [0.05, 0.1) is 6.04 Å². The normalized spacial score (nSPS) is 27.8. The molecule has 5 heteroatoms. The molecule has 2 aliphatic rings. The predicted octanol–water partition coefficient (Wildman–Crippen LogP) is -0.456. The maximum absolute atomic E-state index is 11.7. The molecule has 2 heterocycles. The molecule has 82 valence electrons. The highest BCUT2D eigenvalue weighted by molar-refractivity contribution is 5.85. The van der Waals surface area contributed by atoms with E-state index in [1.165, 1.54) is 0 Å². The van der Waals surface area contributed by atoms with E-state index >= 15 is 0 Å². The first-order valence-electron chi connectivity index (χ1n) is 4.98. The lowest BCUT2D eigenvalue weighted by atomic mass is 10.1. The smallest absolute Gasteiger partial charge is 0.239 e. The maximum atomic E-state index is 11.7. The second-order valence-corrected chi connectivity index (χ2v) is 3.92. The number of amides is 1. The van der Waals surface area contributed by atoms with Gasteiger partial charge in [-0.15, -0.1) is 12.4 Å². The molecule has 2 rings (SSSR count). The van der Waals surface area contributed by atoms with Gasteiger partial charge in [-0.1, -0.05) is 0 Å². The van der Waals surface area contributed by atoms with Crippen LogP contribution in [0.15, 0.2) is 0 Å². The van der Waals surface area contributed by atoms with Crippen LogP contribution in [-0.2, 0) is 4.79 Å². The largest absolute Gasteiger partial charge is 0.339 e. The number of hydrogen-bond acceptors (Lipinski definition) is 3. The van der Waals surface area contributed by atoms with E-state index in [1.54, 1.807) is 0 Å². The summed E-state index contributed by atoms with van der Waals surface area (Å²) in [6.07, 6.45) is 1.02. The van der Waals surface area contributed by atoms with Gasteiger partial charge >= 0.3 is 0 Å². The number of carbonyl (C=O) groups excluding carboxylic acids is 1. The third kappa shape index (κ3) is 2.38. The van der Waals surface area contributed by atoms with Gasteiger partial charge in [0, 0.05) is 26.2 Å². The average Bonchev–Trinajstić information content (AvgIpc) is 2.02. The van der Waals surface area contributed by atoms with Crippen molar-refractivity contribution < 1.29 is 4.79 Å². The van der Waals surface area contributed by atoms with Crippen LogP contribution >= 0.6 is 12.4 Å². The zero-order chi connectivity index (χ0) is 9.26. The van der Waals surface area contributed by atoms with Gasteiger partial charge in [0.15, 0.2) is 0 Å². The molecule has 0 saturated carbocycles. The Labute approximate surface area is 91.0 Å². The Balaban J connectivity index is 0.000000980. The summed E-state index contributed by atoms with van der Waals surface area (Å²) in [5.74, 6) is 0.305. The fraction of sp³-hybridized carbons (Fsp3) is 0.889. The van der Waals surface area contributed by atoms with Gasteiger partial charge in [-0.2, -0.15) is 0 Å². The molecule has 0 bridgehead atoms. The second-order valence-electron chi connectivity index (χ2n) is 3.92. The predicted molar refractivity (Wildman–Crippen MR) is 57.7 cm³/mol. The Hall–Kier alpha value is -0.320. The molecule has 4 nitrogen and oxygen atoms in total. The number of hydrogen-bond donors (Lipinski definition) is 1. The van der Waals surface area contributed by atoms with Crippen molar-refractivity contribution in [3.05, 3.63) is 0 Å². The van der Waals surface area contributed by atoms with Gasteiger partial charge in [-0.3, -0.25) is 4.79 Å². The number of halogens is 1. The van der Waals surface area contributed by atoms with Crippen molar-refractivity contribution in [2.75, 3.05) is 39.8 Å². The Morgan fingerprint density at radius 2 is 1.86 bits per heavy atom. The van der Waals surface area contributed by atoms with Gasteiger partial charge in [0.1, 0.15) is 0 Å². The highest BCUT2D eigenvalue weighted by atomic mass is 35.5. The summed E-state index contributed by atoms with van der Waals surface area (Å²) in [7, 11) is 2.10. The van der Waals surface area contributed by atoms with E-state index in [2.05, 4.69) is 17.3 Å². The molecule has 14 heavy (non-hydrogen) atoms. The molecule has 0 spiro atoms. The van der Waals surface area contributed by atoms with Crippen molar-refractivity contribution in [2.24, 2.45) is 0 Å². The summed E-state index contributed by atoms with van der Waals surface area (Å²) in [6.45, 7) is 4.82. The summed E-state index contributed by atoms with van der Waals surface area (Å²) in [6, 6.07) is 0.128. The van der Waals surface area contributed by atoms with Crippen LogP contribution in [0.4, 0.5) is 0 Å². The first kappa shape index (κ1) is 11.8. The minimum Gasteiger partial charge on any atom is -0.339 e. The highest BCUT2D eigenvalue weighted by Crippen LogP contribution is 2.08. The van der Waals surface area contributed by atoms with Crippen LogP contribution in [-0.4, -0.2) is 61.5 Å². The van der Waals surface area contributed by atoms with Crippen molar-refractivity contribution in [1.82, 2.24) is 15.1 Å². The summed E-state index contributed by atoms with van der Waals surface area (Å²) < 4.78 is 0. The van der Waals surface area contributed by atoms with Crippen molar-refractivity contribution in [1.29, 1.82) is 0 Å². The first-order chi connectivity index (χ1) is 6.27. The molecule has 2 aliphatic heterocycles. The molecular weight excluding hydrogens is 202 g/mol. The first-order valence-corrected chi connectivity index (χ1v) is 4.98. The van der Waals surface area contributed by atoms with E-state index in [0.29, 0.717) is 5.91 Å². The summed E-state index contributed by atoms with van der Waals surface area (Å²) in [5, 5.41) is 3.15. The molecule has 0 aromatic heterocycles. The summed E-state index contributed by atoms with van der Waals surface area (Å²) >= 11 is 0. The van der Waals surface area contributed by atoms with Crippen molar-refractivity contribution >= 4 is 18.3 Å². The van der Waals surface area contributed by atoms with Gasteiger partial charge in [-0.25, -0.2) is 0 Å². The van der Waals surface area contributed by atoms with E-state index < -0.39 is 0 Å². The molecular formula is C9H18ClN3O. The lowest BCUT2D eigenvalue weighted by Crippen LogP contribution is -2.58. The van der Waals surface area contributed by atoms with Crippen molar-refractivity contribution in [2.45, 2.75) is 12.5 Å². The quantitative estimate of drug-likeness (QED) is 0.649. The van der Waals surface area contributed by atoms with Gasteiger partial charge < -0.3 is 15.1 Å². The molecule has 0 unspecified atom stereocenters. The molecule has 0 aromatic carbocycles.